The Morgan fingerprint density at radius 2 is 1.94 bits per heavy atom. The molecular formula is C14H22ClNO. The van der Waals surface area contributed by atoms with Crippen molar-refractivity contribution in [3.8, 4) is 0 Å². The van der Waals surface area contributed by atoms with Crippen molar-refractivity contribution in [2.75, 3.05) is 13.2 Å². The van der Waals surface area contributed by atoms with Gasteiger partial charge in [0.1, 0.15) is 0 Å². The summed E-state index contributed by atoms with van der Waals surface area (Å²) in [5.41, 5.74) is 2.55. The molecule has 1 aromatic carbocycles. The maximum atomic E-state index is 8.64. The number of aryl methyl sites for hydroxylation is 1. The number of rotatable bonds is 8. The van der Waals surface area contributed by atoms with E-state index in [0.717, 1.165) is 31.0 Å². The Hall–Kier alpha value is -0.570. The van der Waals surface area contributed by atoms with Crippen molar-refractivity contribution in [1.29, 1.82) is 0 Å². The van der Waals surface area contributed by atoms with Crippen molar-refractivity contribution in [2.45, 2.75) is 39.2 Å². The lowest BCUT2D eigenvalue weighted by molar-refractivity contribution is 0.282. The van der Waals surface area contributed by atoms with E-state index in [4.69, 9.17) is 16.7 Å². The third kappa shape index (κ3) is 6.06. The van der Waals surface area contributed by atoms with Crippen LogP contribution in [-0.4, -0.2) is 18.3 Å². The molecule has 0 fully saturated rings. The molecule has 96 valence electrons. The van der Waals surface area contributed by atoms with E-state index in [-0.39, 0.29) is 0 Å². The average molecular weight is 256 g/mol. The number of aliphatic hydroxyl groups excluding tert-OH is 1. The maximum absolute atomic E-state index is 8.64. The zero-order chi connectivity index (χ0) is 12.5. The molecule has 0 aliphatic carbocycles. The second-order valence-electron chi connectivity index (χ2n) is 4.39. The number of hydrogen-bond donors (Lipinski definition) is 2. The van der Waals surface area contributed by atoms with E-state index < -0.39 is 0 Å². The van der Waals surface area contributed by atoms with Crippen LogP contribution in [0.1, 0.15) is 36.8 Å². The molecule has 0 spiro atoms. The predicted octanol–water partition coefficient (Wildman–Crippen LogP) is 3.29. The Balaban J connectivity index is 2.14. The minimum absolute atomic E-state index is 0.317. The number of unbranched alkanes of at least 4 members (excludes halogenated alkanes) is 3. The largest absolute Gasteiger partial charge is 0.396 e. The van der Waals surface area contributed by atoms with Crippen LogP contribution in [0.25, 0.3) is 0 Å². The fraction of sp³-hybridized carbons (Fsp3) is 0.571. The topological polar surface area (TPSA) is 32.3 Å². The highest BCUT2D eigenvalue weighted by molar-refractivity contribution is 6.30. The Bertz CT molecular complexity index is 328. The van der Waals surface area contributed by atoms with Gasteiger partial charge in [0.15, 0.2) is 0 Å². The highest BCUT2D eigenvalue weighted by atomic mass is 35.5. The van der Waals surface area contributed by atoms with Crippen LogP contribution in [0.4, 0.5) is 0 Å². The van der Waals surface area contributed by atoms with E-state index in [1.54, 1.807) is 0 Å². The molecule has 2 N–H and O–H groups in total. The van der Waals surface area contributed by atoms with Crippen LogP contribution in [-0.2, 0) is 6.54 Å². The van der Waals surface area contributed by atoms with Gasteiger partial charge in [-0.05, 0) is 49.6 Å². The van der Waals surface area contributed by atoms with Crippen LogP contribution in [0.3, 0.4) is 0 Å². The van der Waals surface area contributed by atoms with Gasteiger partial charge in [0.25, 0.3) is 0 Å². The molecule has 1 aromatic rings. The van der Waals surface area contributed by atoms with Crippen molar-refractivity contribution >= 4 is 11.6 Å². The number of halogens is 1. The summed E-state index contributed by atoms with van der Waals surface area (Å²) in [7, 11) is 0. The summed E-state index contributed by atoms with van der Waals surface area (Å²) in [4.78, 5) is 0. The number of hydrogen-bond acceptors (Lipinski definition) is 2. The molecule has 0 saturated carbocycles. The molecule has 17 heavy (non-hydrogen) atoms. The molecule has 0 atom stereocenters. The molecule has 0 heterocycles. The first-order chi connectivity index (χ1) is 8.24. The summed E-state index contributed by atoms with van der Waals surface area (Å²) in [6.45, 7) is 4.35. The van der Waals surface area contributed by atoms with Gasteiger partial charge >= 0.3 is 0 Å². The summed E-state index contributed by atoms with van der Waals surface area (Å²) in [6, 6.07) is 6.02. The molecule has 0 aromatic heterocycles. The summed E-state index contributed by atoms with van der Waals surface area (Å²) < 4.78 is 0. The molecule has 2 nitrogen and oxygen atoms in total. The molecule has 0 aliphatic rings. The van der Waals surface area contributed by atoms with E-state index in [9.17, 15) is 0 Å². The standard InChI is InChI=1S/C14H22ClNO/c1-12-10-14(15)7-6-13(12)11-16-8-4-2-3-5-9-17/h6-7,10,16-17H,2-5,8-9,11H2,1H3. The first-order valence-corrected chi connectivity index (χ1v) is 6.68. The van der Waals surface area contributed by atoms with Crippen LogP contribution >= 0.6 is 11.6 Å². The summed E-state index contributed by atoms with van der Waals surface area (Å²) in [6.07, 6.45) is 4.41. The number of benzene rings is 1. The van der Waals surface area contributed by atoms with Gasteiger partial charge in [-0.3, -0.25) is 0 Å². The van der Waals surface area contributed by atoms with Gasteiger partial charge in [-0.15, -0.1) is 0 Å². The van der Waals surface area contributed by atoms with Gasteiger partial charge in [0.2, 0.25) is 0 Å². The first kappa shape index (κ1) is 14.5. The fourth-order valence-corrected chi connectivity index (χ4v) is 2.02. The average Bonchev–Trinajstić information content (AvgIpc) is 2.30. The predicted molar refractivity (Wildman–Crippen MR) is 73.4 cm³/mol. The SMILES string of the molecule is Cc1cc(Cl)ccc1CNCCCCCCO. The normalized spacial score (nSPS) is 10.8. The Kier molecular flexibility index (Phi) is 7.25. The Morgan fingerprint density at radius 1 is 1.18 bits per heavy atom. The van der Waals surface area contributed by atoms with Gasteiger partial charge in [-0.25, -0.2) is 0 Å². The highest BCUT2D eigenvalue weighted by Gasteiger charge is 1.98. The Morgan fingerprint density at radius 3 is 2.65 bits per heavy atom. The second-order valence-corrected chi connectivity index (χ2v) is 4.82. The zero-order valence-electron chi connectivity index (χ0n) is 10.5. The van der Waals surface area contributed by atoms with Crippen molar-refractivity contribution in [3.05, 3.63) is 34.3 Å². The molecular weight excluding hydrogens is 234 g/mol. The van der Waals surface area contributed by atoms with Crippen molar-refractivity contribution in [1.82, 2.24) is 5.32 Å². The summed E-state index contributed by atoms with van der Waals surface area (Å²) >= 11 is 5.91. The van der Waals surface area contributed by atoms with Crippen molar-refractivity contribution in [3.63, 3.8) is 0 Å². The molecule has 1 rings (SSSR count). The molecule has 0 unspecified atom stereocenters. The van der Waals surface area contributed by atoms with E-state index in [1.807, 2.05) is 12.1 Å². The van der Waals surface area contributed by atoms with E-state index in [2.05, 4.69) is 18.3 Å². The number of nitrogens with one attached hydrogen (secondary N) is 1. The molecule has 3 heteroatoms. The molecule has 0 aliphatic heterocycles. The lowest BCUT2D eigenvalue weighted by atomic mass is 10.1. The number of aliphatic hydroxyl groups is 1. The smallest absolute Gasteiger partial charge is 0.0431 e. The monoisotopic (exact) mass is 255 g/mol. The first-order valence-electron chi connectivity index (χ1n) is 6.30. The summed E-state index contributed by atoms with van der Waals surface area (Å²) in [5, 5.41) is 12.9. The van der Waals surface area contributed by atoms with Gasteiger partial charge in [-0.2, -0.15) is 0 Å². The minimum Gasteiger partial charge on any atom is -0.396 e. The third-order valence-electron chi connectivity index (χ3n) is 2.88. The van der Waals surface area contributed by atoms with E-state index in [1.165, 1.54) is 24.0 Å². The summed E-state index contributed by atoms with van der Waals surface area (Å²) in [5.74, 6) is 0. The van der Waals surface area contributed by atoms with Gasteiger partial charge < -0.3 is 10.4 Å². The fourth-order valence-electron chi connectivity index (χ4n) is 1.80. The van der Waals surface area contributed by atoms with Gasteiger partial charge in [-0.1, -0.05) is 30.5 Å². The van der Waals surface area contributed by atoms with Crippen LogP contribution < -0.4 is 5.32 Å². The van der Waals surface area contributed by atoms with Gasteiger partial charge in [0.05, 0.1) is 0 Å². The molecule has 0 amide bonds. The highest BCUT2D eigenvalue weighted by Crippen LogP contribution is 2.14. The maximum Gasteiger partial charge on any atom is 0.0431 e. The van der Waals surface area contributed by atoms with Crippen LogP contribution in [0.5, 0.6) is 0 Å². The zero-order valence-corrected chi connectivity index (χ0v) is 11.3. The molecule has 0 bridgehead atoms. The lowest BCUT2D eigenvalue weighted by Gasteiger charge is -2.08. The van der Waals surface area contributed by atoms with Crippen LogP contribution in [0, 0.1) is 6.92 Å². The Labute approximate surface area is 109 Å². The van der Waals surface area contributed by atoms with Crippen LogP contribution in [0.2, 0.25) is 5.02 Å². The third-order valence-corrected chi connectivity index (χ3v) is 3.12. The van der Waals surface area contributed by atoms with Crippen molar-refractivity contribution in [2.24, 2.45) is 0 Å². The minimum atomic E-state index is 0.317. The molecule has 0 radical (unpaired) electrons. The quantitative estimate of drug-likeness (QED) is 0.699. The lowest BCUT2D eigenvalue weighted by Crippen LogP contribution is -2.15. The van der Waals surface area contributed by atoms with Crippen molar-refractivity contribution < 1.29 is 5.11 Å². The molecule has 0 saturated heterocycles. The van der Waals surface area contributed by atoms with Crippen LogP contribution in [0.15, 0.2) is 18.2 Å². The van der Waals surface area contributed by atoms with E-state index >= 15 is 0 Å². The second kappa shape index (κ2) is 8.51. The van der Waals surface area contributed by atoms with Gasteiger partial charge in [0, 0.05) is 18.2 Å². The van der Waals surface area contributed by atoms with E-state index in [0.29, 0.717) is 6.61 Å².